The summed E-state index contributed by atoms with van der Waals surface area (Å²) in [6.45, 7) is 1.38. The van der Waals surface area contributed by atoms with Gasteiger partial charge in [0.1, 0.15) is 0 Å². The summed E-state index contributed by atoms with van der Waals surface area (Å²) in [7, 11) is 1.94. The second kappa shape index (κ2) is 4.44. The molecule has 0 unspecified atom stereocenters. The van der Waals surface area contributed by atoms with Gasteiger partial charge in [-0.05, 0) is 24.7 Å². The summed E-state index contributed by atoms with van der Waals surface area (Å²) < 4.78 is 0. The third-order valence-electron chi connectivity index (χ3n) is 3.10. The maximum atomic E-state index is 11.2. The molecule has 0 radical (unpaired) electrons. The standard InChI is InChI=1S/C12H14ClNO2/c1-14-6-10(11(7-14)12(15)16)8-3-2-4-9(13)5-8/h2-5,10-11H,6-7H2,1H3,(H,15,16)/t10-,11+/m0/s1. The summed E-state index contributed by atoms with van der Waals surface area (Å²) in [6.07, 6.45) is 0. The molecule has 4 heteroatoms. The number of carboxylic acid groups (broad SMARTS) is 1. The predicted octanol–water partition coefficient (Wildman–Crippen LogP) is 2.07. The van der Waals surface area contributed by atoms with Crippen molar-refractivity contribution >= 4 is 17.6 Å². The second-order valence-corrected chi connectivity index (χ2v) is 4.76. The Morgan fingerprint density at radius 1 is 1.50 bits per heavy atom. The first-order valence-electron chi connectivity index (χ1n) is 5.24. The zero-order chi connectivity index (χ0) is 11.7. The molecule has 86 valence electrons. The van der Waals surface area contributed by atoms with E-state index >= 15 is 0 Å². The van der Waals surface area contributed by atoms with Gasteiger partial charge in [0.25, 0.3) is 0 Å². The molecule has 1 N–H and O–H groups in total. The summed E-state index contributed by atoms with van der Waals surface area (Å²) >= 11 is 5.93. The summed E-state index contributed by atoms with van der Waals surface area (Å²) in [6, 6.07) is 7.49. The molecule has 2 rings (SSSR count). The molecule has 0 amide bonds. The van der Waals surface area contributed by atoms with Gasteiger partial charge in [0.15, 0.2) is 0 Å². The lowest BCUT2D eigenvalue weighted by atomic mass is 9.89. The van der Waals surface area contributed by atoms with Gasteiger partial charge in [-0.3, -0.25) is 4.79 Å². The molecule has 0 spiro atoms. The van der Waals surface area contributed by atoms with Crippen molar-refractivity contribution in [1.82, 2.24) is 4.90 Å². The minimum Gasteiger partial charge on any atom is -0.481 e. The molecular formula is C12H14ClNO2. The Morgan fingerprint density at radius 2 is 2.25 bits per heavy atom. The number of likely N-dealkylation sites (N-methyl/N-ethyl adjacent to an activating group) is 1. The Labute approximate surface area is 99.6 Å². The van der Waals surface area contributed by atoms with E-state index in [0.717, 1.165) is 12.1 Å². The van der Waals surface area contributed by atoms with Crippen molar-refractivity contribution in [3.63, 3.8) is 0 Å². The van der Waals surface area contributed by atoms with Crippen LogP contribution in [0.4, 0.5) is 0 Å². The lowest BCUT2D eigenvalue weighted by Gasteiger charge is -2.15. The lowest BCUT2D eigenvalue weighted by Crippen LogP contribution is -2.21. The number of aliphatic carboxylic acids is 1. The average molecular weight is 240 g/mol. The van der Waals surface area contributed by atoms with Crippen molar-refractivity contribution in [2.75, 3.05) is 20.1 Å². The van der Waals surface area contributed by atoms with Gasteiger partial charge in [-0.15, -0.1) is 0 Å². The van der Waals surface area contributed by atoms with Crippen molar-refractivity contribution in [2.45, 2.75) is 5.92 Å². The quantitative estimate of drug-likeness (QED) is 0.859. The van der Waals surface area contributed by atoms with Crippen LogP contribution in [0.3, 0.4) is 0 Å². The molecule has 1 aromatic carbocycles. The molecule has 16 heavy (non-hydrogen) atoms. The highest BCUT2D eigenvalue weighted by atomic mass is 35.5. The first-order chi connectivity index (χ1) is 7.58. The van der Waals surface area contributed by atoms with Gasteiger partial charge in [0.2, 0.25) is 0 Å². The topological polar surface area (TPSA) is 40.5 Å². The van der Waals surface area contributed by atoms with Crippen molar-refractivity contribution in [2.24, 2.45) is 5.92 Å². The van der Waals surface area contributed by atoms with E-state index in [1.807, 2.05) is 30.1 Å². The monoisotopic (exact) mass is 239 g/mol. The van der Waals surface area contributed by atoms with Gasteiger partial charge in [-0.2, -0.15) is 0 Å². The van der Waals surface area contributed by atoms with Crippen LogP contribution in [0.15, 0.2) is 24.3 Å². The smallest absolute Gasteiger partial charge is 0.308 e. The maximum absolute atomic E-state index is 11.2. The zero-order valence-electron chi connectivity index (χ0n) is 9.06. The molecule has 1 aliphatic rings. The molecule has 1 saturated heterocycles. The molecule has 1 fully saturated rings. The molecule has 0 aliphatic carbocycles. The van der Waals surface area contributed by atoms with Crippen LogP contribution in [-0.2, 0) is 4.79 Å². The number of likely N-dealkylation sites (tertiary alicyclic amines) is 1. The number of carbonyl (C=O) groups is 1. The Balaban J connectivity index is 2.28. The van der Waals surface area contributed by atoms with E-state index in [1.54, 1.807) is 6.07 Å². The fourth-order valence-electron chi connectivity index (χ4n) is 2.33. The van der Waals surface area contributed by atoms with Gasteiger partial charge in [0, 0.05) is 24.0 Å². The summed E-state index contributed by atoms with van der Waals surface area (Å²) in [5.74, 6) is -1.01. The molecule has 1 aliphatic heterocycles. The minimum atomic E-state index is -0.727. The van der Waals surface area contributed by atoms with Crippen LogP contribution in [0.2, 0.25) is 5.02 Å². The molecule has 0 aromatic heterocycles. The van der Waals surface area contributed by atoms with Crippen molar-refractivity contribution < 1.29 is 9.90 Å². The number of nitrogens with zero attached hydrogens (tertiary/aromatic N) is 1. The maximum Gasteiger partial charge on any atom is 0.308 e. The van der Waals surface area contributed by atoms with Gasteiger partial charge >= 0.3 is 5.97 Å². The first-order valence-corrected chi connectivity index (χ1v) is 5.62. The van der Waals surface area contributed by atoms with Gasteiger partial charge in [-0.25, -0.2) is 0 Å². The van der Waals surface area contributed by atoms with E-state index in [-0.39, 0.29) is 11.8 Å². The van der Waals surface area contributed by atoms with E-state index in [9.17, 15) is 9.90 Å². The van der Waals surface area contributed by atoms with E-state index in [4.69, 9.17) is 11.6 Å². The predicted molar refractivity (Wildman–Crippen MR) is 62.8 cm³/mol. The largest absolute Gasteiger partial charge is 0.481 e. The highest BCUT2D eigenvalue weighted by Gasteiger charge is 2.36. The normalized spacial score (nSPS) is 25.9. The fourth-order valence-corrected chi connectivity index (χ4v) is 2.52. The molecule has 1 aromatic rings. The number of hydrogen-bond acceptors (Lipinski definition) is 2. The van der Waals surface area contributed by atoms with Gasteiger partial charge in [0.05, 0.1) is 5.92 Å². The number of halogens is 1. The Morgan fingerprint density at radius 3 is 2.88 bits per heavy atom. The zero-order valence-corrected chi connectivity index (χ0v) is 9.81. The fraction of sp³-hybridized carbons (Fsp3) is 0.417. The molecule has 1 heterocycles. The van der Waals surface area contributed by atoms with Crippen LogP contribution in [-0.4, -0.2) is 36.1 Å². The van der Waals surface area contributed by atoms with Crippen LogP contribution < -0.4 is 0 Å². The SMILES string of the molecule is CN1C[C@@H](C(=O)O)[C@H](c2cccc(Cl)c2)C1. The lowest BCUT2D eigenvalue weighted by molar-refractivity contribution is -0.141. The van der Waals surface area contributed by atoms with Crippen molar-refractivity contribution in [3.05, 3.63) is 34.9 Å². The number of hydrogen-bond donors (Lipinski definition) is 1. The second-order valence-electron chi connectivity index (χ2n) is 4.33. The molecule has 0 saturated carbocycles. The van der Waals surface area contributed by atoms with E-state index in [2.05, 4.69) is 0 Å². The third kappa shape index (κ3) is 2.20. The van der Waals surface area contributed by atoms with E-state index in [0.29, 0.717) is 11.6 Å². The average Bonchev–Trinajstić information content (AvgIpc) is 2.60. The third-order valence-corrected chi connectivity index (χ3v) is 3.33. The number of benzene rings is 1. The van der Waals surface area contributed by atoms with Crippen LogP contribution in [0.5, 0.6) is 0 Å². The van der Waals surface area contributed by atoms with E-state index < -0.39 is 5.97 Å². The number of carboxylic acids is 1. The van der Waals surface area contributed by atoms with Crippen LogP contribution >= 0.6 is 11.6 Å². The molecule has 2 atom stereocenters. The van der Waals surface area contributed by atoms with Gasteiger partial charge < -0.3 is 10.0 Å². The number of rotatable bonds is 2. The van der Waals surface area contributed by atoms with Gasteiger partial charge in [-0.1, -0.05) is 23.7 Å². The first kappa shape index (κ1) is 11.4. The Bertz CT molecular complexity index is 408. The molecular weight excluding hydrogens is 226 g/mol. The van der Waals surface area contributed by atoms with Crippen LogP contribution in [0.25, 0.3) is 0 Å². The summed E-state index contributed by atoms with van der Waals surface area (Å²) in [4.78, 5) is 13.2. The Kier molecular flexibility index (Phi) is 3.17. The Hall–Kier alpha value is -1.06. The van der Waals surface area contributed by atoms with E-state index in [1.165, 1.54) is 0 Å². The van der Waals surface area contributed by atoms with Crippen molar-refractivity contribution in [3.8, 4) is 0 Å². The molecule has 3 nitrogen and oxygen atoms in total. The summed E-state index contributed by atoms with van der Waals surface area (Å²) in [5.41, 5.74) is 1.02. The summed E-state index contributed by atoms with van der Waals surface area (Å²) in [5, 5.41) is 9.84. The van der Waals surface area contributed by atoms with Crippen LogP contribution in [0.1, 0.15) is 11.5 Å². The highest BCUT2D eigenvalue weighted by Crippen LogP contribution is 2.33. The highest BCUT2D eigenvalue weighted by molar-refractivity contribution is 6.30. The minimum absolute atomic E-state index is 0.0428. The molecule has 0 bridgehead atoms. The van der Waals surface area contributed by atoms with Crippen LogP contribution in [0, 0.1) is 5.92 Å². The van der Waals surface area contributed by atoms with Crippen molar-refractivity contribution in [1.29, 1.82) is 0 Å².